The third-order valence-corrected chi connectivity index (χ3v) is 3.82. The van der Waals surface area contributed by atoms with Crippen molar-refractivity contribution in [3.8, 4) is 5.69 Å². The second kappa shape index (κ2) is 7.16. The van der Waals surface area contributed by atoms with Gasteiger partial charge in [-0.2, -0.15) is 4.98 Å². The van der Waals surface area contributed by atoms with E-state index in [1.165, 1.54) is 0 Å². The van der Waals surface area contributed by atoms with Gasteiger partial charge in [-0.05, 0) is 31.5 Å². The Morgan fingerprint density at radius 3 is 2.64 bits per heavy atom. The van der Waals surface area contributed by atoms with Crippen LogP contribution in [0.5, 0.6) is 0 Å². The molecule has 1 atom stereocenters. The number of aryl methyl sites for hydroxylation is 2. The molecule has 2 aromatic heterocycles. The number of benzene rings is 1. The Hall–Kier alpha value is -3.16. The summed E-state index contributed by atoms with van der Waals surface area (Å²) in [5, 5.41) is 9.32. The van der Waals surface area contributed by atoms with Crippen LogP contribution in [-0.2, 0) is 6.54 Å². The summed E-state index contributed by atoms with van der Waals surface area (Å²) in [6.45, 7) is 5.80. The van der Waals surface area contributed by atoms with Gasteiger partial charge in [0.15, 0.2) is 5.82 Å². The predicted octanol–water partition coefficient (Wildman–Crippen LogP) is 2.43. The van der Waals surface area contributed by atoms with Crippen molar-refractivity contribution in [2.24, 2.45) is 0 Å². The average molecular weight is 340 g/mol. The maximum atomic E-state index is 12.0. The van der Waals surface area contributed by atoms with E-state index in [9.17, 15) is 4.79 Å². The summed E-state index contributed by atoms with van der Waals surface area (Å²) in [4.78, 5) is 20.2. The fraction of sp³-hybridized carbons (Fsp3) is 0.294. The van der Waals surface area contributed by atoms with Gasteiger partial charge in [0.1, 0.15) is 5.82 Å². The summed E-state index contributed by atoms with van der Waals surface area (Å²) in [5.41, 5.74) is 2.04. The van der Waals surface area contributed by atoms with Crippen molar-refractivity contribution in [2.45, 2.75) is 33.4 Å². The Kier molecular flexibility index (Phi) is 4.78. The molecule has 8 heteroatoms. The van der Waals surface area contributed by atoms with Crippen molar-refractivity contribution in [1.82, 2.24) is 30.3 Å². The number of rotatable bonds is 5. The van der Waals surface area contributed by atoms with Crippen LogP contribution in [0.1, 0.15) is 36.1 Å². The van der Waals surface area contributed by atoms with Gasteiger partial charge in [0.05, 0.1) is 12.6 Å². The minimum absolute atomic E-state index is 0.134. The largest absolute Gasteiger partial charge is 0.340 e. The van der Waals surface area contributed by atoms with E-state index in [0.717, 1.165) is 17.1 Å². The molecule has 2 amide bonds. The molecule has 2 heterocycles. The van der Waals surface area contributed by atoms with Crippen LogP contribution in [0.3, 0.4) is 0 Å². The number of carbonyl (C=O) groups excluding carboxylic acids is 1. The molecule has 0 spiro atoms. The number of carbonyl (C=O) groups is 1. The van der Waals surface area contributed by atoms with E-state index in [-0.39, 0.29) is 18.6 Å². The highest BCUT2D eigenvalue weighted by molar-refractivity contribution is 5.74. The minimum Gasteiger partial charge on any atom is -0.340 e. The van der Waals surface area contributed by atoms with E-state index >= 15 is 0 Å². The Morgan fingerprint density at radius 2 is 2.04 bits per heavy atom. The van der Waals surface area contributed by atoms with Gasteiger partial charge in [0, 0.05) is 25.0 Å². The predicted molar refractivity (Wildman–Crippen MR) is 91.1 cm³/mol. The van der Waals surface area contributed by atoms with Gasteiger partial charge >= 0.3 is 6.03 Å². The third-order valence-electron chi connectivity index (χ3n) is 3.82. The van der Waals surface area contributed by atoms with Crippen LogP contribution in [0.2, 0.25) is 0 Å². The van der Waals surface area contributed by atoms with Gasteiger partial charge in [-0.25, -0.2) is 9.78 Å². The molecule has 0 saturated heterocycles. The molecule has 0 saturated carbocycles. The number of imidazole rings is 1. The van der Waals surface area contributed by atoms with Crippen molar-refractivity contribution in [1.29, 1.82) is 0 Å². The van der Waals surface area contributed by atoms with Gasteiger partial charge in [0.2, 0.25) is 5.89 Å². The Labute approximate surface area is 145 Å². The Morgan fingerprint density at radius 1 is 1.28 bits per heavy atom. The smallest absolute Gasteiger partial charge is 0.315 e. The zero-order chi connectivity index (χ0) is 17.8. The SMILES string of the molecule is Cc1nc(CNC(=O)N[C@@H](C)c2ccc(-n3ccnc3C)cc2)no1. The maximum absolute atomic E-state index is 12.0. The monoisotopic (exact) mass is 340 g/mol. The normalized spacial score (nSPS) is 12.0. The number of amides is 2. The number of nitrogens with one attached hydrogen (secondary N) is 2. The van der Waals surface area contributed by atoms with Gasteiger partial charge < -0.3 is 19.7 Å². The second-order valence-corrected chi connectivity index (χ2v) is 5.71. The Bertz CT molecular complexity index is 852. The van der Waals surface area contributed by atoms with Gasteiger partial charge in [0.25, 0.3) is 0 Å². The summed E-state index contributed by atoms with van der Waals surface area (Å²) in [6, 6.07) is 7.56. The fourth-order valence-corrected chi connectivity index (χ4v) is 2.48. The first kappa shape index (κ1) is 16.7. The molecular weight excluding hydrogens is 320 g/mol. The maximum Gasteiger partial charge on any atom is 0.315 e. The molecule has 2 N–H and O–H groups in total. The molecule has 25 heavy (non-hydrogen) atoms. The molecule has 3 aromatic rings. The van der Waals surface area contributed by atoms with E-state index in [4.69, 9.17) is 4.52 Å². The molecular formula is C17H20N6O2. The number of aromatic nitrogens is 4. The average Bonchev–Trinajstić information content (AvgIpc) is 3.21. The molecule has 0 unspecified atom stereocenters. The van der Waals surface area contributed by atoms with Crippen LogP contribution < -0.4 is 10.6 Å². The van der Waals surface area contributed by atoms with Crippen molar-refractivity contribution in [3.05, 3.63) is 59.8 Å². The van der Waals surface area contributed by atoms with Gasteiger partial charge in [-0.15, -0.1) is 0 Å². The van der Waals surface area contributed by atoms with E-state index < -0.39 is 0 Å². The summed E-state index contributed by atoms with van der Waals surface area (Å²) < 4.78 is 6.86. The molecule has 0 fully saturated rings. The molecule has 1 aromatic carbocycles. The molecule has 130 valence electrons. The van der Waals surface area contributed by atoms with Crippen LogP contribution in [0, 0.1) is 13.8 Å². The van der Waals surface area contributed by atoms with Gasteiger partial charge in [-0.3, -0.25) is 0 Å². The van der Waals surface area contributed by atoms with Crippen molar-refractivity contribution in [3.63, 3.8) is 0 Å². The highest BCUT2D eigenvalue weighted by Crippen LogP contribution is 2.16. The van der Waals surface area contributed by atoms with Crippen molar-refractivity contribution < 1.29 is 9.32 Å². The van der Waals surface area contributed by atoms with Crippen LogP contribution in [0.25, 0.3) is 5.69 Å². The van der Waals surface area contributed by atoms with Crippen molar-refractivity contribution >= 4 is 6.03 Å². The van der Waals surface area contributed by atoms with E-state index in [2.05, 4.69) is 25.8 Å². The Balaban J connectivity index is 1.56. The second-order valence-electron chi connectivity index (χ2n) is 5.71. The number of nitrogens with zero attached hydrogens (tertiary/aromatic N) is 4. The van der Waals surface area contributed by atoms with Crippen molar-refractivity contribution in [2.75, 3.05) is 0 Å². The summed E-state index contributed by atoms with van der Waals surface area (Å²) in [5.74, 6) is 1.84. The van der Waals surface area contributed by atoms with E-state index in [0.29, 0.717) is 11.7 Å². The lowest BCUT2D eigenvalue weighted by molar-refractivity contribution is 0.237. The summed E-state index contributed by atoms with van der Waals surface area (Å²) >= 11 is 0. The lowest BCUT2D eigenvalue weighted by Gasteiger charge is -2.15. The molecule has 0 aliphatic carbocycles. The van der Waals surface area contributed by atoms with E-state index in [1.807, 2.05) is 48.9 Å². The highest BCUT2D eigenvalue weighted by Gasteiger charge is 2.11. The zero-order valence-corrected chi connectivity index (χ0v) is 14.4. The van der Waals surface area contributed by atoms with E-state index in [1.54, 1.807) is 13.1 Å². The molecule has 0 aliphatic rings. The summed E-state index contributed by atoms with van der Waals surface area (Å²) in [7, 11) is 0. The zero-order valence-electron chi connectivity index (χ0n) is 14.4. The molecule has 0 radical (unpaired) electrons. The summed E-state index contributed by atoms with van der Waals surface area (Å²) in [6.07, 6.45) is 3.68. The first-order valence-corrected chi connectivity index (χ1v) is 7.97. The third kappa shape index (κ3) is 4.03. The number of hydrogen-bond donors (Lipinski definition) is 2. The molecule has 8 nitrogen and oxygen atoms in total. The number of urea groups is 1. The standard InChI is InChI=1S/C17H20N6O2/c1-11(20-17(24)19-10-16-21-13(3)25-22-16)14-4-6-15(7-5-14)23-9-8-18-12(23)2/h4-9,11H,10H2,1-3H3,(H2,19,20,24)/t11-/m0/s1. The first-order chi connectivity index (χ1) is 12.0. The number of hydrogen-bond acceptors (Lipinski definition) is 5. The first-order valence-electron chi connectivity index (χ1n) is 7.97. The van der Waals surface area contributed by atoms with Crippen LogP contribution >= 0.6 is 0 Å². The minimum atomic E-state index is -0.288. The quantitative estimate of drug-likeness (QED) is 0.743. The fourth-order valence-electron chi connectivity index (χ4n) is 2.48. The highest BCUT2D eigenvalue weighted by atomic mass is 16.5. The lowest BCUT2D eigenvalue weighted by Crippen LogP contribution is -2.36. The molecule has 3 rings (SSSR count). The topological polar surface area (TPSA) is 97.9 Å². The van der Waals surface area contributed by atoms with Gasteiger partial charge in [-0.1, -0.05) is 17.3 Å². The molecule has 0 bridgehead atoms. The lowest BCUT2D eigenvalue weighted by atomic mass is 10.1. The van der Waals surface area contributed by atoms with Crippen LogP contribution in [-0.4, -0.2) is 25.7 Å². The van der Waals surface area contributed by atoms with Crippen LogP contribution in [0.4, 0.5) is 4.79 Å². The van der Waals surface area contributed by atoms with Crippen LogP contribution in [0.15, 0.2) is 41.2 Å². The molecule has 0 aliphatic heterocycles.